The summed E-state index contributed by atoms with van der Waals surface area (Å²) < 4.78 is 23.9. The van der Waals surface area contributed by atoms with Gasteiger partial charge in [-0.2, -0.15) is 0 Å². The summed E-state index contributed by atoms with van der Waals surface area (Å²) in [5.41, 5.74) is 0.701. The van der Waals surface area contributed by atoms with Crippen LogP contribution in [0, 0.1) is 5.82 Å². The van der Waals surface area contributed by atoms with Gasteiger partial charge in [0.05, 0.1) is 0 Å². The Bertz CT molecular complexity index is 378. The lowest BCUT2D eigenvalue weighted by Crippen LogP contribution is -2.27. The first kappa shape index (κ1) is 14.1. The Morgan fingerprint density at radius 3 is 2.76 bits per heavy atom. The van der Waals surface area contributed by atoms with Crippen LogP contribution < -0.4 is 5.32 Å². The van der Waals surface area contributed by atoms with E-state index in [1.165, 1.54) is 12.1 Å². The van der Waals surface area contributed by atoms with Crippen molar-refractivity contribution in [3.05, 3.63) is 29.6 Å². The minimum Gasteiger partial charge on any atom is -0.508 e. The number of aromatic hydroxyl groups is 1. The van der Waals surface area contributed by atoms with E-state index in [4.69, 9.17) is 0 Å². The van der Waals surface area contributed by atoms with E-state index in [0.717, 1.165) is 12.5 Å². The van der Waals surface area contributed by atoms with E-state index >= 15 is 0 Å². The van der Waals surface area contributed by atoms with Crippen LogP contribution >= 0.6 is 0 Å². The quantitative estimate of drug-likeness (QED) is 0.818. The van der Waals surface area contributed by atoms with Crippen molar-refractivity contribution >= 4 is 10.8 Å². The molecule has 0 amide bonds. The molecule has 2 atom stereocenters. The van der Waals surface area contributed by atoms with Crippen molar-refractivity contribution in [2.24, 2.45) is 0 Å². The van der Waals surface area contributed by atoms with Crippen LogP contribution in [0.3, 0.4) is 0 Å². The highest BCUT2D eigenvalue weighted by Crippen LogP contribution is 2.14. The first-order valence-electron chi connectivity index (χ1n) is 5.49. The highest BCUT2D eigenvalue weighted by molar-refractivity contribution is 7.84. The van der Waals surface area contributed by atoms with Gasteiger partial charge in [0.2, 0.25) is 0 Å². The second kappa shape index (κ2) is 6.71. The van der Waals surface area contributed by atoms with Crippen LogP contribution in [-0.4, -0.2) is 27.4 Å². The van der Waals surface area contributed by atoms with Crippen LogP contribution in [0.4, 0.5) is 4.39 Å². The zero-order chi connectivity index (χ0) is 12.8. The van der Waals surface area contributed by atoms with Crippen LogP contribution in [0.15, 0.2) is 18.2 Å². The van der Waals surface area contributed by atoms with E-state index in [0.29, 0.717) is 17.9 Å². The molecule has 1 aromatic carbocycles. The molecule has 0 aromatic heterocycles. The monoisotopic (exact) mass is 259 g/mol. The van der Waals surface area contributed by atoms with Gasteiger partial charge in [-0.05, 0) is 31.0 Å². The van der Waals surface area contributed by atoms with Crippen molar-refractivity contribution in [2.45, 2.75) is 25.9 Å². The summed E-state index contributed by atoms with van der Waals surface area (Å²) in [6, 6.07) is 4.20. The molecule has 3 nitrogen and oxygen atoms in total. The maximum atomic E-state index is 13.0. The summed E-state index contributed by atoms with van der Waals surface area (Å²) in [5, 5.41) is 12.4. The van der Waals surface area contributed by atoms with E-state index in [2.05, 4.69) is 5.32 Å². The Morgan fingerprint density at radius 2 is 2.18 bits per heavy atom. The maximum Gasteiger partial charge on any atom is 0.127 e. The van der Waals surface area contributed by atoms with E-state index in [9.17, 15) is 13.7 Å². The van der Waals surface area contributed by atoms with Crippen LogP contribution in [0.1, 0.15) is 18.9 Å². The van der Waals surface area contributed by atoms with Crippen molar-refractivity contribution in [3.8, 4) is 5.75 Å². The molecule has 0 saturated heterocycles. The average molecular weight is 259 g/mol. The van der Waals surface area contributed by atoms with Crippen LogP contribution in [0.5, 0.6) is 5.75 Å². The first-order chi connectivity index (χ1) is 7.97. The molecule has 0 heterocycles. The molecule has 1 aromatic rings. The van der Waals surface area contributed by atoms with E-state index < -0.39 is 16.6 Å². The molecule has 0 spiro atoms. The number of phenols is 1. The molecular weight excluding hydrogens is 241 g/mol. The predicted molar refractivity (Wildman–Crippen MR) is 67.9 cm³/mol. The van der Waals surface area contributed by atoms with Gasteiger partial charge in [-0.25, -0.2) is 4.39 Å². The number of halogens is 1. The SMILES string of the molecule is CC(CCS(C)=O)NCc1cc(O)cc(F)c1. The number of nitrogens with one attached hydrogen (secondary N) is 1. The van der Waals surface area contributed by atoms with Crippen molar-refractivity contribution in [1.82, 2.24) is 5.32 Å². The fourth-order valence-electron chi connectivity index (χ4n) is 1.47. The Labute approximate surface area is 104 Å². The molecule has 17 heavy (non-hydrogen) atoms. The standard InChI is InChI=1S/C12H18FNO2S/c1-9(3-4-17(2)16)14-8-10-5-11(13)7-12(15)6-10/h5-7,9,14-15H,3-4,8H2,1-2H3. The van der Waals surface area contributed by atoms with Gasteiger partial charge in [0.15, 0.2) is 0 Å². The van der Waals surface area contributed by atoms with E-state index in [-0.39, 0.29) is 11.8 Å². The van der Waals surface area contributed by atoms with Gasteiger partial charge >= 0.3 is 0 Å². The van der Waals surface area contributed by atoms with Crippen LogP contribution in [-0.2, 0) is 17.3 Å². The lowest BCUT2D eigenvalue weighted by molar-refractivity contribution is 0.466. The van der Waals surface area contributed by atoms with Gasteiger partial charge in [0, 0.05) is 41.5 Å². The molecular formula is C12H18FNO2S. The zero-order valence-electron chi connectivity index (χ0n) is 10.1. The lowest BCUT2D eigenvalue weighted by atomic mass is 10.2. The topological polar surface area (TPSA) is 49.3 Å². The summed E-state index contributed by atoms with van der Waals surface area (Å²) in [6.45, 7) is 2.48. The number of hydrogen-bond donors (Lipinski definition) is 2. The largest absolute Gasteiger partial charge is 0.508 e. The molecule has 0 radical (unpaired) electrons. The summed E-state index contributed by atoms with van der Waals surface area (Å²) in [7, 11) is -0.782. The highest BCUT2D eigenvalue weighted by Gasteiger charge is 2.04. The smallest absolute Gasteiger partial charge is 0.127 e. The number of phenolic OH excluding ortho intramolecular Hbond substituents is 1. The molecule has 1 rings (SSSR count). The molecule has 0 bridgehead atoms. The van der Waals surface area contributed by atoms with E-state index in [1.807, 2.05) is 6.92 Å². The van der Waals surface area contributed by atoms with Crippen LogP contribution in [0.2, 0.25) is 0 Å². The third-order valence-corrected chi connectivity index (χ3v) is 3.25. The van der Waals surface area contributed by atoms with Crippen molar-refractivity contribution in [3.63, 3.8) is 0 Å². The Hall–Kier alpha value is -0.940. The third kappa shape index (κ3) is 5.79. The van der Waals surface area contributed by atoms with E-state index in [1.54, 1.807) is 6.26 Å². The Morgan fingerprint density at radius 1 is 1.47 bits per heavy atom. The summed E-state index contributed by atoms with van der Waals surface area (Å²) in [4.78, 5) is 0. The molecule has 0 aliphatic heterocycles. The molecule has 5 heteroatoms. The minimum absolute atomic E-state index is 0.0656. The van der Waals surface area contributed by atoms with Crippen molar-refractivity contribution in [2.75, 3.05) is 12.0 Å². The molecule has 0 saturated carbocycles. The van der Waals surface area contributed by atoms with Gasteiger partial charge in [-0.15, -0.1) is 0 Å². The predicted octanol–water partition coefficient (Wildman–Crippen LogP) is 1.78. The molecule has 2 unspecified atom stereocenters. The molecule has 2 N–H and O–H groups in total. The molecule has 96 valence electrons. The lowest BCUT2D eigenvalue weighted by Gasteiger charge is -2.13. The summed E-state index contributed by atoms with van der Waals surface area (Å²) in [5.74, 6) is 0.149. The number of rotatable bonds is 6. The molecule has 0 aliphatic carbocycles. The summed E-state index contributed by atoms with van der Waals surface area (Å²) in [6.07, 6.45) is 2.49. The molecule has 0 aliphatic rings. The van der Waals surface area contributed by atoms with Crippen molar-refractivity contribution < 1.29 is 13.7 Å². The first-order valence-corrected chi connectivity index (χ1v) is 7.22. The second-order valence-electron chi connectivity index (χ2n) is 4.17. The maximum absolute atomic E-state index is 13.0. The highest BCUT2D eigenvalue weighted by atomic mass is 32.2. The number of hydrogen-bond acceptors (Lipinski definition) is 3. The van der Waals surface area contributed by atoms with Crippen molar-refractivity contribution in [1.29, 1.82) is 0 Å². The molecule has 0 fully saturated rings. The average Bonchev–Trinajstić information content (AvgIpc) is 2.22. The van der Waals surface area contributed by atoms with Gasteiger partial charge in [0.1, 0.15) is 11.6 Å². The Kier molecular flexibility index (Phi) is 5.58. The summed E-state index contributed by atoms with van der Waals surface area (Å²) >= 11 is 0. The van der Waals surface area contributed by atoms with Gasteiger partial charge < -0.3 is 10.4 Å². The van der Waals surface area contributed by atoms with Gasteiger partial charge in [-0.3, -0.25) is 4.21 Å². The second-order valence-corrected chi connectivity index (χ2v) is 5.72. The number of benzene rings is 1. The third-order valence-electron chi connectivity index (χ3n) is 2.44. The van der Waals surface area contributed by atoms with Gasteiger partial charge in [-0.1, -0.05) is 0 Å². The fourth-order valence-corrected chi connectivity index (χ4v) is 2.16. The Balaban J connectivity index is 2.41. The normalized spacial score (nSPS) is 14.5. The fraction of sp³-hybridized carbons (Fsp3) is 0.500. The van der Waals surface area contributed by atoms with Gasteiger partial charge in [0.25, 0.3) is 0 Å². The van der Waals surface area contributed by atoms with Crippen LogP contribution in [0.25, 0.3) is 0 Å². The zero-order valence-corrected chi connectivity index (χ0v) is 10.9. The minimum atomic E-state index is -0.782.